The van der Waals surface area contributed by atoms with E-state index >= 15 is 0 Å². The molecule has 0 bridgehead atoms. The molecule has 0 fully saturated rings. The second kappa shape index (κ2) is 10.7. The number of hydroxylamine groups is 2. The van der Waals surface area contributed by atoms with Gasteiger partial charge in [-0.05, 0) is 35.1 Å². The average molecular weight is 496 g/mol. The van der Waals surface area contributed by atoms with Crippen molar-refractivity contribution in [1.82, 2.24) is 15.5 Å². The highest BCUT2D eigenvalue weighted by Gasteiger charge is 2.36. The summed E-state index contributed by atoms with van der Waals surface area (Å²) in [6.07, 6.45) is 0.125. The van der Waals surface area contributed by atoms with Crippen LogP contribution in [0.5, 0.6) is 0 Å². The largest absolute Gasteiger partial charge is 0.359 e. The molecule has 1 aliphatic heterocycles. The first-order chi connectivity index (χ1) is 18.0. The van der Waals surface area contributed by atoms with Crippen LogP contribution >= 0.6 is 0 Å². The molecule has 0 unspecified atom stereocenters. The third kappa shape index (κ3) is 5.12. The van der Waals surface area contributed by atoms with Gasteiger partial charge in [0, 0.05) is 5.39 Å². The van der Waals surface area contributed by atoms with E-state index in [0.717, 1.165) is 26.6 Å². The Morgan fingerprint density at radius 2 is 1.38 bits per heavy atom. The standard InChI is InChI=1S/C29H25N3O5/c33-27(30-32-28(34)23-15-7-13-22-14-8-16-24(26(22)23)29(32)35)25(17-20-9-3-1-4-10-20)31(36)19-37-18-21-11-5-2-6-12-21/h1-16,25,36H,17-19H2,(H,30,33)/t25-/m0/s1. The number of ether oxygens (including phenoxy) is 1. The molecule has 186 valence electrons. The predicted octanol–water partition coefficient (Wildman–Crippen LogP) is 3.94. The number of nitrogens with one attached hydrogen (secondary N) is 1. The molecule has 0 radical (unpaired) electrons. The quantitative estimate of drug-likeness (QED) is 0.207. The molecule has 0 spiro atoms. The van der Waals surface area contributed by atoms with Gasteiger partial charge in [-0.15, -0.1) is 0 Å². The van der Waals surface area contributed by atoms with Crippen molar-refractivity contribution in [3.8, 4) is 0 Å². The monoisotopic (exact) mass is 495 g/mol. The zero-order valence-electron chi connectivity index (χ0n) is 19.9. The minimum Gasteiger partial charge on any atom is -0.359 e. The van der Waals surface area contributed by atoms with Gasteiger partial charge in [-0.25, -0.2) is 0 Å². The van der Waals surface area contributed by atoms with Crippen LogP contribution < -0.4 is 5.43 Å². The Balaban J connectivity index is 1.35. The van der Waals surface area contributed by atoms with Gasteiger partial charge in [0.2, 0.25) is 0 Å². The van der Waals surface area contributed by atoms with E-state index in [1.165, 1.54) is 0 Å². The highest BCUT2D eigenvalue weighted by atomic mass is 16.6. The van der Waals surface area contributed by atoms with Crippen molar-refractivity contribution in [2.24, 2.45) is 0 Å². The lowest BCUT2D eigenvalue weighted by Crippen LogP contribution is -2.57. The highest BCUT2D eigenvalue weighted by Crippen LogP contribution is 2.29. The van der Waals surface area contributed by atoms with E-state index in [-0.39, 0.29) is 19.8 Å². The van der Waals surface area contributed by atoms with Gasteiger partial charge in [0.1, 0.15) is 12.8 Å². The number of benzene rings is 4. The van der Waals surface area contributed by atoms with Crippen LogP contribution in [0.15, 0.2) is 97.1 Å². The summed E-state index contributed by atoms with van der Waals surface area (Å²) in [5, 5.41) is 13.6. The van der Waals surface area contributed by atoms with Gasteiger partial charge in [0.25, 0.3) is 17.7 Å². The minimum absolute atomic E-state index is 0.125. The number of carbonyl (C=O) groups excluding carboxylic acids is 3. The van der Waals surface area contributed by atoms with E-state index in [0.29, 0.717) is 16.5 Å². The molecule has 8 nitrogen and oxygen atoms in total. The van der Waals surface area contributed by atoms with Gasteiger partial charge in [-0.1, -0.05) is 84.9 Å². The normalized spacial score (nSPS) is 13.7. The molecular formula is C29H25N3O5. The van der Waals surface area contributed by atoms with Crippen LogP contribution in [0.25, 0.3) is 10.8 Å². The first-order valence-electron chi connectivity index (χ1n) is 11.8. The third-order valence-electron chi connectivity index (χ3n) is 6.26. The number of rotatable bonds is 9. The Hall–Kier alpha value is -4.37. The first-order valence-corrected chi connectivity index (χ1v) is 11.8. The van der Waals surface area contributed by atoms with Gasteiger partial charge in [-0.3, -0.25) is 19.8 Å². The summed E-state index contributed by atoms with van der Waals surface area (Å²) < 4.78 is 5.62. The van der Waals surface area contributed by atoms with Crippen LogP contribution in [0.2, 0.25) is 0 Å². The number of hydrogen-bond acceptors (Lipinski definition) is 6. The number of nitrogens with zero attached hydrogens (tertiary/aromatic N) is 2. The number of carbonyl (C=O) groups is 3. The maximum atomic E-state index is 13.4. The fourth-order valence-corrected chi connectivity index (χ4v) is 4.41. The molecule has 0 aromatic heterocycles. The number of hydrogen-bond donors (Lipinski definition) is 2. The van der Waals surface area contributed by atoms with E-state index in [1.807, 2.05) is 72.8 Å². The SMILES string of the molecule is O=C(NN1C(=O)c2cccc3cccc(c23)C1=O)[C@H](Cc1ccccc1)N(O)COCc1ccccc1. The van der Waals surface area contributed by atoms with Crippen molar-refractivity contribution in [2.45, 2.75) is 19.1 Å². The molecule has 1 heterocycles. The molecule has 0 saturated carbocycles. The van der Waals surface area contributed by atoms with Crippen molar-refractivity contribution in [3.05, 3.63) is 119 Å². The summed E-state index contributed by atoms with van der Waals surface area (Å²) in [6, 6.07) is 27.8. The molecule has 4 aromatic rings. The summed E-state index contributed by atoms with van der Waals surface area (Å²) in [4.78, 5) is 39.9. The molecule has 5 rings (SSSR count). The van der Waals surface area contributed by atoms with Gasteiger partial charge in [-0.2, -0.15) is 10.1 Å². The van der Waals surface area contributed by atoms with Crippen LogP contribution in [0, 0.1) is 0 Å². The Morgan fingerprint density at radius 3 is 1.97 bits per heavy atom. The van der Waals surface area contributed by atoms with Crippen LogP contribution in [0.3, 0.4) is 0 Å². The number of imide groups is 1. The van der Waals surface area contributed by atoms with E-state index in [2.05, 4.69) is 5.43 Å². The van der Waals surface area contributed by atoms with Gasteiger partial charge in [0.15, 0.2) is 0 Å². The molecule has 2 N–H and O–H groups in total. The lowest BCUT2D eigenvalue weighted by molar-refractivity contribution is -0.195. The van der Waals surface area contributed by atoms with Crippen molar-refractivity contribution in [3.63, 3.8) is 0 Å². The smallest absolute Gasteiger partial charge is 0.280 e. The molecular weight excluding hydrogens is 470 g/mol. The number of amides is 3. The zero-order valence-corrected chi connectivity index (χ0v) is 19.9. The van der Waals surface area contributed by atoms with Gasteiger partial charge >= 0.3 is 0 Å². The van der Waals surface area contributed by atoms with Gasteiger partial charge < -0.3 is 9.94 Å². The topological polar surface area (TPSA) is 99.2 Å². The van der Waals surface area contributed by atoms with Crippen molar-refractivity contribution in [1.29, 1.82) is 0 Å². The Kier molecular flexibility index (Phi) is 7.04. The summed E-state index contributed by atoms with van der Waals surface area (Å²) in [7, 11) is 0. The Morgan fingerprint density at radius 1 is 0.811 bits per heavy atom. The van der Waals surface area contributed by atoms with E-state index in [9.17, 15) is 19.6 Å². The molecule has 4 aromatic carbocycles. The van der Waals surface area contributed by atoms with Crippen LogP contribution in [-0.4, -0.2) is 45.8 Å². The molecule has 1 aliphatic rings. The Labute approximate surface area is 213 Å². The molecule has 37 heavy (non-hydrogen) atoms. The van der Waals surface area contributed by atoms with Crippen LogP contribution in [0.1, 0.15) is 31.8 Å². The highest BCUT2D eigenvalue weighted by molar-refractivity contribution is 6.25. The summed E-state index contributed by atoms with van der Waals surface area (Å²) in [6.45, 7) is -0.0225. The summed E-state index contributed by atoms with van der Waals surface area (Å²) >= 11 is 0. The second-order valence-electron chi connectivity index (χ2n) is 8.74. The van der Waals surface area contributed by atoms with E-state index in [1.54, 1.807) is 24.3 Å². The summed E-state index contributed by atoms with van der Waals surface area (Å²) in [5.74, 6) is -1.99. The molecule has 0 saturated heterocycles. The first kappa shape index (κ1) is 24.3. The van der Waals surface area contributed by atoms with E-state index < -0.39 is 23.8 Å². The van der Waals surface area contributed by atoms with E-state index in [4.69, 9.17) is 4.74 Å². The Bertz CT molecular complexity index is 1390. The zero-order chi connectivity index (χ0) is 25.8. The molecule has 3 amide bonds. The lowest BCUT2D eigenvalue weighted by Gasteiger charge is -2.30. The average Bonchev–Trinajstić information content (AvgIpc) is 2.93. The molecule has 1 atom stereocenters. The third-order valence-corrected chi connectivity index (χ3v) is 6.26. The fraction of sp³-hybridized carbons (Fsp3) is 0.138. The maximum Gasteiger partial charge on any atom is 0.280 e. The minimum atomic E-state index is -1.13. The summed E-state index contributed by atoms with van der Waals surface area (Å²) in [5.41, 5.74) is 4.79. The maximum absolute atomic E-state index is 13.4. The molecule has 0 aliphatic carbocycles. The second-order valence-corrected chi connectivity index (χ2v) is 8.74. The van der Waals surface area contributed by atoms with Crippen LogP contribution in [0.4, 0.5) is 0 Å². The van der Waals surface area contributed by atoms with Gasteiger partial charge in [0.05, 0.1) is 17.7 Å². The molecule has 8 heteroatoms. The van der Waals surface area contributed by atoms with Crippen molar-refractivity contribution in [2.75, 3.05) is 6.73 Å². The fourth-order valence-electron chi connectivity index (χ4n) is 4.41. The predicted molar refractivity (Wildman–Crippen MR) is 136 cm³/mol. The van der Waals surface area contributed by atoms with Crippen LogP contribution in [-0.2, 0) is 22.6 Å². The lowest BCUT2D eigenvalue weighted by atomic mass is 9.95. The number of hydrazine groups is 1. The van der Waals surface area contributed by atoms with Crippen molar-refractivity contribution < 1.29 is 24.3 Å². The van der Waals surface area contributed by atoms with Crippen molar-refractivity contribution >= 4 is 28.5 Å².